The van der Waals surface area contributed by atoms with Crippen molar-refractivity contribution in [2.75, 3.05) is 26.4 Å². The molecular weight excluding hydrogens is 254 g/mol. The zero-order valence-corrected chi connectivity index (χ0v) is 12.9. The molecule has 0 aliphatic rings. The molecule has 4 heteroatoms. The van der Waals surface area contributed by atoms with Crippen LogP contribution in [0.3, 0.4) is 0 Å². The van der Waals surface area contributed by atoms with Crippen molar-refractivity contribution in [2.45, 2.75) is 40.0 Å². The lowest BCUT2D eigenvalue weighted by molar-refractivity contribution is -0.133. The molecule has 1 aromatic rings. The Labute approximate surface area is 122 Å². The van der Waals surface area contributed by atoms with Crippen LogP contribution in [0.2, 0.25) is 0 Å². The molecule has 114 valence electrons. The van der Waals surface area contributed by atoms with Crippen molar-refractivity contribution >= 4 is 0 Å². The minimum Gasteiger partial charge on any atom is -0.494 e. The van der Waals surface area contributed by atoms with Crippen molar-refractivity contribution in [3.8, 4) is 5.75 Å². The average Bonchev–Trinajstić information content (AvgIpc) is 2.46. The summed E-state index contributed by atoms with van der Waals surface area (Å²) in [7, 11) is 0. The molecule has 1 rings (SSSR count). The lowest BCUT2D eigenvalue weighted by atomic mass is 10.2. The monoisotopic (exact) mass is 281 g/mol. The van der Waals surface area contributed by atoms with E-state index in [1.807, 2.05) is 26.0 Å². The van der Waals surface area contributed by atoms with Crippen molar-refractivity contribution in [1.82, 2.24) is 5.32 Å². The topological polar surface area (TPSA) is 39.7 Å². The van der Waals surface area contributed by atoms with Gasteiger partial charge in [0.25, 0.3) is 0 Å². The Kier molecular flexibility index (Phi) is 9.04. The van der Waals surface area contributed by atoms with E-state index in [2.05, 4.69) is 24.4 Å². The second-order valence-electron chi connectivity index (χ2n) is 4.47. The van der Waals surface area contributed by atoms with Gasteiger partial charge >= 0.3 is 0 Å². The molecule has 0 fully saturated rings. The van der Waals surface area contributed by atoms with Crippen LogP contribution in [-0.2, 0) is 16.0 Å². The van der Waals surface area contributed by atoms with E-state index in [4.69, 9.17) is 14.2 Å². The maximum atomic E-state index is 5.62. The molecular formula is C16H27NO3. The fraction of sp³-hybridized carbons (Fsp3) is 0.625. The highest BCUT2D eigenvalue weighted by Crippen LogP contribution is 2.13. The zero-order valence-electron chi connectivity index (χ0n) is 12.9. The first-order valence-corrected chi connectivity index (χ1v) is 7.45. The molecule has 0 amide bonds. The first-order valence-electron chi connectivity index (χ1n) is 7.45. The molecule has 0 saturated heterocycles. The van der Waals surface area contributed by atoms with Gasteiger partial charge in [-0.1, -0.05) is 19.1 Å². The molecule has 0 aliphatic carbocycles. The highest BCUT2D eigenvalue weighted by molar-refractivity contribution is 5.28. The highest BCUT2D eigenvalue weighted by Gasteiger charge is 2.06. The van der Waals surface area contributed by atoms with Crippen LogP contribution in [0.1, 0.15) is 32.8 Å². The number of rotatable bonds is 11. The average molecular weight is 281 g/mol. The van der Waals surface area contributed by atoms with E-state index in [0.29, 0.717) is 19.8 Å². The number of nitrogens with one attached hydrogen (secondary N) is 1. The van der Waals surface area contributed by atoms with E-state index < -0.39 is 0 Å². The Morgan fingerprint density at radius 1 is 1.10 bits per heavy atom. The number of hydrogen-bond donors (Lipinski definition) is 1. The molecule has 0 heterocycles. The van der Waals surface area contributed by atoms with Crippen LogP contribution in [0.4, 0.5) is 0 Å². The summed E-state index contributed by atoms with van der Waals surface area (Å²) in [6.07, 6.45) is 0.844. The predicted molar refractivity (Wildman–Crippen MR) is 81.0 cm³/mol. The summed E-state index contributed by atoms with van der Waals surface area (Å²) in [5.41, 5.74) is 1.20. The molecule has 4 nitrogen and oxygen atoms in total. The molecule has 20 heavy (non-hydrogen) atoms. The standard InChI is InChI=1S/C16H27NO3/c1-4-10-20-15-9-7-8-14(11-15)12-17-13-16(18-5-2)19-6-3/h7-9,11,16-17H,4-6,10,12-13H2,1-3H3. The molecule has 1 N–H and O–H groups in total. The summed E-state index contributed by atoms with van der Waals surface area (Å²) in [5, 5.41) is 3.35. The van der Waals surface area contributed by atoms with E-state index >= 15 is 0 Å². The summed E-state index contributed by atoms with van der Waals surface area (Å²) < 4.78 is 16.6. The molecule has 0 bridgehead atoms. The second-order valence-corrected chi connectivity index (χ2v) is 4.47. The Morgan fingerprint density at radius 2 is 1.85 bits per heavy atom. The van der Waals surface area contributed by atoms with Gasteiger partial charge in [0.05, 0.1) is 6.61 Å². The predicted octanol–water partition coefficient (Wildman–Crippen LogP) is 2.96. The summed E-state index contributed by atoms with van der Waals surface area (Å²) in [5.74, 6) is 0.928. The highest BCUT2D eigenvalue weighted by atomic mass is 16.7. The minimum absolute atomic E-state index is 0.176. The van der Waals surface area contributed by atoms with Gasteiger partial charge in [-0.05, 0) is 38.0 Å². The summed E-state index contributed by atoms with van der Waals surface area (Å²) in [6, 6.07) is 8.16. The molecule has 0 saturated carbocycles. The van der Waals surface area contributed by atoms with Gasteiger partial charge < -0.3 is 19.5 Å². The Hall–Kier alpha value is -1.10. The second kappa shape index (κ2) is 10.7. The van der Waals surface area contributed by atoms with Crippen molar-refractivity contribution in [3.63, 3.8) is 0 Å². The Balaban J connectivity index is 2.36. The SMILES string of the molecule is CCCOc1cccc(CNCC(OCC)OCC)c1. The van der Waals surface area contributed by atoms with Crippen LogP contribution >= 0.6 is 0 Å². The van der Waals surface area contributed by atoms with Crippen molar-refractivity contribution in [3.05, 3.63) is 29.8 Å². The zero-order chi connectivity index (χ0) is 14.6. The van der Waals surface area contributed by atoms with Gasteiger partial charge in [0.2, 0.25) is 0 Å². The van der Waals surface area contributed by atoms with Crippen LogP contribution in [0.5, 0.6) is 5.75 Å². The summed E-state index contributed by atoms with van der Waals surface area (Å²) >= 11 is 0. The van der Waals surface area contributed by atoms with Gasteiger partial charge in [-0.3, -0.25) is 0 Å². The molecule has 0 aromatic heterocycles. The van der Waals surface area contributed by atoms with Gasteiger partial charge in [-0.2, -0.15) is 0 Å². The maximum absolute atomic E-state index is 5.62. The van der Waals surface area contributed by atoms with E-state index in [1.165, 1.54) is 5.56 Å². The lowest BCUT2D eigenvalue weighted by Gasteiger charge is -2.17. The Bertz CT molecular complexity index is 351. The third kappa shape index (κ3) is 6.89. The molecule has 0 radical (unpaired) electrons. The fourth-order valence-electron chi connectivity index (χ4n) is 1.84. The van der Waals surface area contributed by atoms with Gasteiger partial charge in [-0.15, -0.1) is 0 Å². The largest absolute Gasteiger partial charge is 0.494 e. The van der Waals surface area contributed by atoms with Crippen LogP contribution in [0.25, 0.3) is 0 Å². The lowest BCUT2D eigenvalue weighted by Crippen LogP contribution is -2.31. The first-order chi connectivity index (χ1) is 9.80. The summed E-state index contributed by atoms with van der Waals surface area (Å²) in [4.78, 5) is 0. The van der Waals surface area contributed by atoms with E-state index in [0.717, 1.165) is 25.3 Å². The normalized spacial score (nSPS) is 11.0. The van der Waals surface area contributed by atoms with E-state index in [-0.39, 0.29) is 6.29 Å². The van der Waals surface area contributed by atoms with Crippen LogP contribution in [-0.4, -0.2) is 32.7 Å². The van der Waals surface area contributed by atoms with Crippen LogP contribution < -0.4 is 10.1 Å². The van der Waals surface area contributed by atoms with Gasteiger partial charge in [-0.25, -0.2) is 0 Å². The fourth-order valence-corrected chi connectivity index (χ4v) is 1.84. The number of benzene rings is 1. The Morgan fingerprint density at radius 3 is 2.50 bits per heavy atom. The molecule has 0 unspecified atom stereocenters. The quantitative estimate of drug-likeness (QED) is 0.633. The van der Waals surface area contributed by atoms with Crippen molar-refractivity contribution in [1.29, 1.82) is 0 Å². The van der Waals surface area contributed by atoms with Crippen molar-refractivity contribution < 1.29 is 14.2 Å². The molecule has 0 atom stereocenters. The minimum atomic E-state index is -0.176. The smallest absolute Gasteiger partial charge is 0.169 e. The van der Waals surface area contributed by atoms with Crippen molar-refractivity contribution in [2.24, 2.45) is 0 Å². The summed E-state index contributed by atoms with van der Waals surface area (Å²) in [6.45, 7) is 9.59. The maximum Gasteiger partial charge on any atom is 0.169 e. The van der Waals surface area contributed by atoms with Crippen LogP contribution in [0.15, 0.2) is 24.3 Å². The van der Waals surface area contributed by atoms with E-state index in [9.17, 15) is 0 Å². The van der Waals surface area contributed by atoms with E-state index in [1.54, 1.807) is 0 Å². The molecule has 0 aliphatic heterocycles. The van der Waals surface area contributed by atoms with Gasteiger partial charge in [0.1, 0.15) is 5.75 Å². The van der Waals surface area contributed by atoms with Gasteiger partial charge in [0.15, 0.2) is 6.29 Å². The number of ether oxygens (including phenoxy) is 3. The third-order valence-electron chi connectivity index (χ3n) is 2.72. The first kappa shape index (κ1) is 17.0. The van der Waals surface area contributed by atoms with Crippen LogP contribution in [0, 0.1) is 0 Å². The number of hydrogen-bond acceptors (Lipinski definition) is 4. The molecule has 0 spiro atoms. The van der Waals surface area contributed by atoms with Gasteiger partial charge in [0, 0.05) is 26.3 Å². The molecule has 1 aromatic carbocycles. The third-order valence-corrected chi connectivity index (χ3v) is 2.72.